The van der Waals surface area contributed by atoms with Crippen molar-refractivity contribution in [2.45, 2.75) is 51.3 Å². The maximum Gasteiger partial charge on any atom is 0.407 e. The molecule has 94 valence electrons. The van der Waals surface area contributed by atoms with Crippen molar-refractivity contribution in [3.8, 4) is 0 Å². The van der Waals surface area contributed by atoms with E-state index in [2.05, 4.69) is 10.6 Å². The highest BCUT2D eigenvalue weighted by Crippen LogP contribution is 2.14. The van der Waals surface area contributed by atoms with Crippen molar-refractivity contribution < 1.29 is 18.3 Å². The molecule has 0 aromatic rings. The molecule has 0 bridgehead atoms. The van der Waals surface area contributed by atoms with Gasteiger partial charge in [0.25, 0.3) is 6.43 Å². The van der Waals surface area contributed by atoms with Crippen molar-refractivity contribution in [2.24, 2.45) is 0 Å². The van der Waals surface area contributed by atoms with Crippen LogP contribution in [0.5, 0.6) is 0 Å². The Labute approximate surface area is 93.7 Å². The van der Waals surface area contributed by atoms with E-state index in [1.165, 1.54) is 0 Å². The van der Waals surface area contributed by atoms with Crippen molar-refractivity contribution >= 4 is 6.09 Å². The highest BCUT2D eigenvalue weighted by molar-refractivity contribution is 5.68. The van der Waals surface area contributed by atoms with Crippen LogP contribution in [0.25, 0.3) is 0 Å². The summed E-state index contributed by atoms with van der Waals surface area (Å²) in [5.41, 5.74) is -0.571. The number of halogens is 2. The SMILES string of the molecule is CC(C)(C)OC(=O)N[C@H]1CN[C@@H](C(F)F)C1. The number of amides is 1. The molecular weight excluding hydrogens is 218 g/mol. The van der Waals surface area contributed by atoms with Crippen molar-refractivity contribution in [1.29, 1.82) is 0 Å². The summed E-state index contributed by atoms with van der Waals surface area (Å²) >= 11 is 0. The van der Waals surface area contributed by atoms with E-state index in [1.807, 2.05) is 0 Å². The number of ether oxygens (including phenoxy) is 1. The summed E-state index contributed by atoms with van der Waals surface area (Å²) in [5, 5.41) is 5.22. The Morgan fingerprint density at radius 3 is 2.56 bits per heavy atom. The summed E-state index contributed by atoms with van der Waals surface area (Å²) in [6.07, 6.45) is -2.73. The standard InChI is InChI=1S/C10H18F2N2O2/c1-10(2,3)16-9(15)14-6-4-7(8(11)12)13-5-6/h6-8,13H,4-5H2,1-3H3,(H,14,15)/t6-,7-/m1/s1. The average Bonchev–Trinajstić information content (AvgIpc) is 2.48. The molecule has 6 heteroatoms. The fraction of sp³-hybridized carbons (Fsp3) is 0.900. The summed E-state index contributed by atoms with van der Waals surface area (Å²) < 4.78 is 29.7. The minimum atomic E-state index is -2.40. The van der Waals surface area contributed by atoms with Gasteiger partial charge in [0.05, 0.1) is 6.04 Å². The lowest BCUT2D eigenvalue weighted by atomic mass is 10.2. The molecule has 1 aliphatic heterocycles. The molecule has 0 radical (unpaired) electrons. The zero-order valence-corrected chi connectivity index (χ0v) is 9.72. The summed E-state index contributed by atoms with van der Waals surface area (Å²) in [6.45, 7) is 5.61. The van der Waals surface area contributed by atoms with Crippen LogP contribution in [0.15, 0.2) is 0 Å². The molecule has 0 saturated carbocycles. The maximum atomic E-state index is 12.3. The molecule has 1 fully saturated rings. The third-order valence-corrected chi connectivity index (χ3v) is 2.19. The molecule has 1 aliphatic rings. The van der Waals surface area contributed by atoms with E-state index in [9.17, 15) is 13.6 Å². The van der Waals surface area contributed by atoms with Gasteiger partial charge in [-0.2, -0.15) is 0 Å². The molecule has 0 unspecified atom stereocenters. The van der Waals surface area contributed by atoms with Crippen LogP contribution in [0.4, 0.5) is 13.6 Å². The third-order valence-electron chi connectivity index (χ3n) is 2.19. The second-order valence-electron chi connectivity index (χ2n) is 4.93. The second-order valence-corrected chi connectivity index (χ2v) is 4.93. The number of carbonyl (C=O) groups excluding carboxylic acids is 1. The largest absolute Gasteiger partial charge is 0.444 e. The van der Waals surface area contributed by atoms with Gasteiger partial charge in [-0.3, -0.25) is 0 Å². The van der Waals surface area contributed by atoms with E-state index in [-0.39, 0.29) is 12.5 Å². The minimum Gasteiger partial charge on any atom is -0.444 e. The van der Waals surface area contributed by atoms with Gasteiger partial charge in [-0.15, -0.1) is 0 Å². The van der Waals surface area contributed by atoms with Gasteiger partial charge in [0.2, 0.25) is 0 Å². The molecule has 2 atom stereocenters. The first-order chi connectivity index (χ1) is 7.28. The van der Waals surface area contributed by atoms with Gasteiger partial charge < -0.3 is 15.4 Å². The van der Waals surface area contributed by atoms with Crippen molar-refractivity contribution in [1.82, 2.24) is 10.6 Å². The van der Waals surface area contributed by atoms with Crippen LogP contribution in [0, 0.1) is 0 Å². The normalized spacial score (nSPS) is 25.9. The van der Waals surface area contributed by atoms with Crippen LogP contribution in [-0.4, -0.2) is 36.7 Å². The van der Waals surface area contributed by atoms with Crippen LogP contribution in [0.2, 0.25) is 0 Å². The highest BCUT2D eigenvalue weighted by atomic mass is 19.3. The summed E-state index contributed by atoms with van der Waals surface area (Å²) in [5.74, 6) is 0. The topological polar surface area (TPSA) is 50.4 Å². The first kappa shape index (κ1) is 13.2. The zero-order valence-electron chi connectivity index (χ0n) is 9.72. The number of hydrogen-bond acceptors (Lipinski definition) is 3. The van der Waals surface area contributed by atoms with Crippen LogP contribution in [0.3, 0.4) is 0 Å². The molecule has 16 heavy (non-hydrogen) atoms. The summed E-state index contributed by atoms with van der Waals surface area (Å²) in [4.78, 5) is 11.3. The van der Waals surface area contributed by atoms with Crippen LogP contribution in [-0.2, 0) is 4.74 Å². The molecule has 0 aromatic carbocycles. The van der Waals surface area contributed by atoms with Gasteiger partial charge in [0, 0.05) is 12.6 Å². The molecule has 4 nitrogen and oxygen atoms in total. The minimum absolute atomic E-state index is 0.233. The van der Waals surface area contributed by atoms with Gasteiger partial charge in [-0.1, -0.05) is 0 Å². The molecule has 0 aliphatic carbocycles. The Bertz CT molecular complexity index is 254. The van der Waals surface area contributed by atoms with E-state index >= 15 is 0 Å². The van der Waals surface area contributed by atoms with Gasteiger partial charge in [0.15, 0.2) is 0 Å². The Morgan fingerprint density at radius 1 is 1.50 bits per heavy atom. The lowest BCUT2D eigenvalue weighted by Crippen LogP contribution is -2.40. The van der Waals surface area contributed by atoms with E-state index in [1.54, 1.807) is 20.8 Å². The Hall–Kier alpha value is -0.910. The van der Waals surface area contributed by atoms with Crippen molar-refractivity contribution in [3.05, 3.63) is 0 Å². The molecule has 1 rings (SSSR count). The highest BCUT2D eigenvalue weighted by Gasteiger charge is 2.32. The fourth-order valence-corrected chi connectivity index (χ4v) is 1.54. The van der Waals surface area contributed by atoms with Gasteiger partial charge in [0.1, 0.15) is 5.60 Å². The van der Waals surface area contributed by atoms with Crippen LogP contribution >= 0.6 is 0 Å². The number of alkyl carbamates (subject to hydrolysis) is 1. The molecule has 1 saturated heterocycles. The Morgan fingerprint density at radius 2 is 2.12 bits per heavy atom. The Kier molecular flexibility index (Phi) is 4.07. The van der Waals surface area contributed by atoms with Crippen LogP contribution in [0.1, 0.15) is 27.2 Å². The molecular formula is C10H18F2N2O2. The zero-order chi connectivity index (χ0) is 12.3. The van der Waals surface area contributed by atoms with E-state index < -0.39 is 24.2 Å². The number of nitrogens with one attached hydrogen (secondary N) is 2. The molecule has 0 spiro atoms. The van der Waals surface area contributed by atoms with Crippen molar-refractivity contribution in [2.75, 3.05) is 6.54 Å². The van der Waals surface area contributed by atoms with Gasteiger partial charge >= 0.3 is 6.09 Å². The smallest absolute Gasteiger partial charge is 0.407 e. The third kappa shape index (κ3) is 4.30. The average molecular weight is 236 g/mol. The van der Waals surface area contributed by atoms with E-state index in [4.69, 9.17) is 4.74 Å². The molecule has 2 N–H and O–H groups in total. The first-order valence-corrected chi connectivity index (χ1v) is 5.29. The van der Waals surface area contributed by atoms with Gasteiger partial charge in [-0.25, -0.2) is 13.6 Å². The Balaban J connectivity index is 2.32. The van der Waals surface area contributed by atoms with Crippen LogP contribution < -0.4 is 10.6 Å². The number of hydrogen-bond donors (Lipinski definition) is 2. The summed E-state index contributed by atoms with van der Waals surface area (Å²) in [6, 6.07) is -1.12. The van der Waals surface area contributed by atoms with E-state index in [0.29, 0.717) is 6.54 Å². The monoisotopic (exact) mass is 236 g/mol. The fourth-order valence-electron chi connectivity index (χ4n) is 1.54. The predicted molar refractivity (Wildman–Crippen MR) is 55.6 cm³/mol. The molecule has 0 aromatic heterocycles. The lowest BCUT2D eigenvalue weighted by Gasteiger charge is -2.21. The second kappa shape index (κ2) is 4.95. The molecule has 1 amide bonds. The van der Waals surface area contributed by atoms with Crippen molar-refractivity contribution in [3.63, 3.8) is 0 Å². The number of alkyl halides is 2. The number of carbonyl (C=O) groups is 1. The quantitative estimate of drug-likeness (QED) is 0.764. The first-order valence-electron chi connectivity index (χ1n) is 5.29. The lowest BCUT2D eigenvalue weighted by molar-refractivity contribution is 0.0503. The molecule has 1 heterocycles. The maximum absolute atomic E-state index is 12.3. The van der Waals surface area contributed by atoms with E-state index in [0.717, 1.165) is 0 Å². The van der Waals surface area contributed by atoms with Gasteiger partial charge in [-0.05, 0) is 27.2 Å². The number of rotatable bonds is 2. The summed E-state index contributed by atoms with van der Waals surface area (Å²) in [7, 11) is 0. The predicted octanol–water partition coefficient (Wildman–Crippen LogP) is 1.51.